The third kappa shape index (κ3) is 5.09. The second kappa shape index (κ2) is 11.3. The van der Waals surface area contributed by atoms with Crippen LogP contribution in [0.5, 0.6) is 0 Å². The van der Waals surface area contributed by atoms with Crippen LogP contribution in [0.2, 0.25) is 5.02 Å². The third-order valence-electron chi connectivity index (χ3n) is 10.2. The minimum absolute atomic E-state index is 0.0471. The van der Waals surface area contributed by atoms with Gasteiger partial charge in [0.2, 0.25) is 17.7 Å². The Kier molecular flexibility index (Phi) is 7.91. The summed E-state index contributed by atoms with van der Waals surface area (Å²) in [5.74, 6) is -1.35. The van der Waals surface area contributed by atoms with E-state index in [0.717, 1.165) is 37.9 Å². The van der Waals surface area contributed by atoms with E-state index < -0.39 is 29.6 Å². The van der Waals surface area contributed by atoms with Crippen LogP contribution in [0.4, 0.5) is 5.69 Å². The molecular weight excluding hydrogens is 544 g/mol. The van der Waals surface area contributed by atoms with Crippen LogP contribution in [0.1, 0.15) is 38.7 Å². The number of morpholine rings is 1. The first kappa shape index (κ1) is 28.6. The van der Waals surface area contributed by atoms with E-state index in [9.17, 15) is 14.4 Å². The number of aryl methyl sites for hydroxylation is 1. The van der Waals surface area contributed by atoms with E-state index in [1.54, 1.807) is 17.0 Å². The van der Waals surface area contributed by atoms with Crippen LogP contribution in [-0.2, 0) is 23.9 Å². The van der Waals surface area contributed by atoms with Gasteiger partial charge in [0.25, 0.3) is 0 Å². The number of rotatable bonds is 7. The molecule has 0 aromatic heterocycles. The Hall–Kier alpha value is -2.46. The Balaban J connectivity index is 1.27. The molecule has 0 radical (unpaired) electrons. The van der Waals surface area contributed by atoms with Crippen molar-refractivity contribution in [3.63, 3.8) is 0 Å². The maximum atomic E-state index is 14.2. The molecule has 10 heteroatoms. The summed E-state index contributed by atoms with van der Waals surface area (Å²) in [7, 11) is 0. The van der Waals surface area contributed by atoms with E-state index in [2.05, 4.69) is 29.4 Å². The number of hydrogen-bond acceptors (Lipinski definition) is 6. The lowest BCUT2D eigenvalue weighted by molar-refractivity contribution is -0.142. The van der Waals surface area contributed by atoms with Crippen molar-refractivity contribution in [2.75, 3.05) is 44.7 Å². The quantitative estimate of drug-likeness (QED) is 0.478. The van der Waals surface area contributed by atoms with Gasteiger partial charge < -0.3 is 25.0 Å². The van der Waals surface area contributed by atoms with Crippen LogP contribution < -0.4 is 10.6 Å². The standard InChI is InChI=1S/C31H41ClN4O5/c1-18-5-4-6-23(20(18)3)34-29(38)27-31-10-9-24(41-31)25(28(37)33-21-8-7-19(2)22(32)17-21)26(31)30(39)36(27)12-11-35-13-15-40-16-14-35/h7-10,17-18,20,23-27H,4-6,11-16H2,1-3H3,(H,33,37)(H,34,38)/t18-,20-,23-,24-,25+,26-,27-,31-/m1/s1. The summed E-state index contributed by atoms with van der Waals surface area (Å²) >= 11 is 6.30. The molecule has 4 aliphatic heterocycles. The predicted molar refractivity (Wildman–Crippen MR) is 155 cm³/mol. The largest absolute Gasteiger partial charge is 0.379 e. The Bertz CT molecular complexity index is 1230. The summed E-state index contributed by atoms with van der Waals surface area (Å²) in [5.41, 5.74) is 0.302. The minimum Gasteiger partial charge on any atom is -0.379 e. The first-order valence-corrected chi connectivity index (χ1v) is 15.4. The van der Waals surface area contributed by atoms with Crippen molar-refractivity contribution in [3.8, 4) is 0 Å². The van der Waals surface area contributed by atoms with Crippen molar-refractivity contribution in [1.82, 2.24) is 15.1 Å². The van der Waals surface area contributed by atoms with Crippen molar-refractivity contribution >= 4 is 35.0 Å². The molecule has 1 saturated carbocycles. The Morgan fingerprint density at radius 3 is 2.66 bits per heavy atom. The number of likely N-dealkylation sites (tertiary alicyclic amines) is 1. The zero-order valence-electron chi connectivity index (χ0n) is 24.1. The van der Waals surface area contributed by atoms with Crippen molar-refractivity contribution < 1.29 is 23.9 Å². The fourth-order valence-electron chi connectivity index (χ4n) is 7.53. The molecule has 1 spiro atoms. The number of amides is 3. The Morgan fingerprint density at radius 2 is 1.90 bits per heavy atom. The number of hydrogen-bond donors (Lipinski definition) is 2. The number of nitrogens with zero attached hydrogens (tertiary/aromatic N) is 2. The molecular formula is C31H41ClN4O5. The van der Waals surface area contributed by atoms with E-state index in [4.69, 9.17) is 21.1 Å². The van der Waals surface area contributed by atoms with Crippen LogP contribution in [0.3, 0.4) is 0 Å². The second-order valence-electron chi connectivity index (χ2n) is 12.5. The predicted octanol–water partition coefficient (Wildman–Crippen LogP) is 3.01. The first-order valence-electron chi connectivity index (χ1n) is 15.0. The molecule has 5 aliphatic rings. The third-order valence-corrected chi connectivity index (χ3v) is 10.6. The number of nitrogens with one attached hydrogen (secondary N) is 2. The molecule has 4 fully saturated rings. The highest BCUT2D eigenvalue weighted by atomic mass is 35.5. The van der Waals surface area contributed by atoms with E-state index in [0.29, 0.717) is 48.8 Å². The van der Waals surface area contributed by atoms with Gasteiger partial charge in [-0.05, 0) is 42.9 Å². The number of fused-ring (bicyclic) bond motifs is 1. The molecule has 3 amide bonds. The van der Waals surface area contributed by atoms with Crippen LogP contribution in [0.25, 0.3) is 0 Å². The van der Waals surface area contributed by atoms with Crippen LogP contribution >= 0.6 is 11.6 Å². The molecule has 1 aromatic carbocycles. The molecule has 1 aromatic rings. The minimum atomic E-state index is -1.17. The fraction of sp³-hybridized carbons (Fsp3) is 0.645. The number of halogens is 1. The summed E-state index contributed by atoms with van der Waals surface area (Å²) in [4.78, 5) is 46.0. The van der Waals surface area contributed by atoms with Gasteiger partial charge in [0.05, 0.1) is 31.2 Å². The maximum absolute atomic E-state index is 14.2. The van der Waals surface area contributed by atoms with Crippen molar-refractivity contribution in [1.29, 1.82) is 0 Å². The molecule has 3 saturated heterocycles. The van der Waals surface area contributed by atoms with Crippen molar-refractivity contribution in [2.45, 2.75) is 63.8 Å². The SMILES string of the molecule is Cc1ccc(NC(=O)[C@H]2[C@H]3C=C[C@@]4(O3)[C@H]2C(=O)N(CCN2CCOCC2)[C@@H]4C(=O)N[C@@H]2CCC[C@@H](C)[C@H]2C)cc1Cl. The van der Waals surface area contributed by atoms with Crippen LogP contribution in [0.15, 0.2) is 30.4 Å². The lowest BCUT2D eigenvalue weighted by Crippen LogP contribution is -2.58. The maximum Gasteiger partial charge on any atom is 0.246 e. The summed E-state index contributed by atoms with van der Waals surface area (Å²) < 4.78 is 12.0. The van der Waals surface area contributed by atoms with Gasteiger partial charge >= 0.3 is 0 Å². The molecule has 9 nitrogen and oxygen atoms in total. The summed E-state index contributed by atoms with van der Waals surface area (Å²) in [6, 6.07) is 4.57. The highest BCUT2D eigenvalue weighted by Gasteiger charge is 2.72. The van der Waals surface area contributed by atoms with Gasteiger partial charge in [-0.1, -0.05) is 56.5 Å². The zero-order valence-corrected chi connectivity index (χ0v) is 24.9. The Morgan fingerprint density at radius 1 is 1.12 bits per heavy atom. The molecule has 2 bridgehead atoms. The van der Waals surface area contributed by atoms with Gasteiger partial charge in [0, 0.05) is 42.9 Å². The highest BCUT2D eigenvalue weighted by Crippen LogP contribution is 2.55. The smallest absolute Gasteiger partial charge is 0.246 e. The molecule has 0 unspecified atom stereocenters. The summed E-state index contributed by atoms with van der Waals surface area (Å²) in [5, 5.41) is 6.83. The van der Waals surface area contributed by atoms with Gasteiger partial charge in [-0.15, -0.1) is 0 Å². The lowest BCUT2D eigenvalue weighted by atomic mass is 9.73. The average molecular weight is 585 g/mol. The van der Waals surface area contributed by atoms with Crippen LogP contribution in [0, 0.1) is 30.6 Å². The highest BCUT2D eigenvalue weighted by molar-refractivity contribution is 6.31. The lowest BCUT2D eigenvalue weighted by Gasteiger charge is -2.38. The molecule has 6 rings (SSSR count). The van der Waals surface area contributed by atoms with Gasteiger partial charge in [0.15, 0.2) is 0 Å². The van der Waals surface area contributed by atoms with Gasteiger partial charge in [-0.25, -0.2) is 0 Å². The number of anilines is 1. The van der Waals surface area contributed by atoms with E-state index in [1.807, 2.05) is 25.1 Å². The Labute approximate surface area is 246 Å². The number of carbonyl (C=O) groups is 3. The van der Waals surface area contributed by atoms with E-state index in [1.165, 1.54) is 0 Å². The van der Waals surface area contributed by atoms with Gasteiger partial charge in [0.1, 0.15) is 11.6 Å². The normalized spacial score (nSPS) is 36.4. The molecule has 4 heterocycles. The fourth-order valence-corrected chi connectivity index (χ4v) is 7.71. The van der Waals surface area contributed by atoms with E-state index in [-0.39, 0.29) is 23.8 Å². The number of carbonyl (C=O) groups excluding carboxylic acids is 3. The molecule has 8 atom stereocenters. The van der Waals surface area contributed by atoms with Crippen molar-refractivity contribution in [3.05, 3.63) is 40.9 Å². The zero-order chi connectivity index (χ0) is 28.9. The van der Waals surface area contributed by atoms with Crippen LogP contribution in [-0.4, -0.2) is 90.7 Å². The molecule has 2 N–H and O–H groups in total. The molecule has 1 aliphatic carbocycles. The summed E-state index contributed by atoms with van der Waals surface area (Å²) in [6.07, 6.45) is 6.30. The first-order chi connectivity index (χ1) is 19.7. The van der Waals surface area contributed by atoms with Crippen molar-refractivity contribution in [2.24, 2.45) is 23.7 Å². The summed E-state index contributed by atoms with van der Waals surface area (Å²) in [6.45, 7) is 10.2. The molecule has 41 heavy (non-hydrogen) atoms. The van der Waals surface area contributed by atoms with Gasteiger partial charge in [-0.3, -0.25) is 19.3 Å². The van der Waals surface area contributed by atoms with Gasteiger partial charge in [-0.2, -0.15) is 0 Å². The number of benzene rings is 1. The topological polar surface area (TPSA) is 100 Å². The molecule has 222 valence electrons. The monoisotopic (exact) mass is 584 g/mol. The number of ether oxygens (including phenoxy) is 2. The average Bonchev–Trinajstić information content (AvgIpc) is 3.60. The second-order valence-corrected chi connectivity index (χ2v) is 12.9. The van der Waals surface area contributed by atoms with E-state index >= 15 is 0 Å².